The van der Waals surface area contributed by atoms with E-state index in [1.165, 1.54) is 7.11 Å². The van der Waals surface area contributed by atoms with Crippen LogP contribution in [0.4, 0.5) is 5.82 Å². The Morgan fingerprint density at radius 2 is 1.97 bits per heavy atom. The number of ether oxygens (including phenoxy) is 2. The average molecular weight is 452 g/mol. The summed E-state index contributed by atoms with van der Waals surface area (Å²) in [5.74, 6) is 2.10. The molecule has 3 aromatic rings. The molecular formula is C23H29N7O3. The number of pyridine rings is 1. The highest BCUT2D eigenvalue weighted by molar-refractivity contribution is 6.05. The van der Waals surface area contributed by atoms with Crippen molar-refractivity contribution in [2.75, 3.05) is 12.4 Å². The van der Waals surface area contributed by atoms with Crippen molar-refractivity contribution in [3.63, 3.8) is 0 Å². The van der Waals surface area contributed by atoms with E-state index in [-0.39, 0.29) is 24.2 Å². The fraction of sp³-hybridized carbons (Fsp3) is 0.522. The standard InChI is InChI=1S/C23H29N7O3/c1-13-8-9-20-26-27-21(30(13)20)18-6-5-7-19(24-18)25-22(31)17-12-29(28-23(17)32-4)16-10-14(2)33-15(3)11-16/h5-7,12-16H,8-11H2,1-4H3,(H,24,25,31)/t13-,14-,15+,16?/m0/s1. The zero-order valence-corrected chi connectivity index (χ0v) is 19.4. The van der Waals surface area contributed by atoms with Crippen LogP contribution in [0.2, 0.25) is 0 Å². The summed E-state index contributed by atoms with van der Waals surface area (Å²) in [4.78, 5) is 17.7. The lowest BCUT2D eigenvalue weighted by atomic mass is 10.0. The van der Waals surface area contributed by atoms with Gasteiger partial charge in [0.1, 0.15) is 22.9 Å². The third-order valence-electron chi connectivity index (χ3n) is 6.40. The van der Waals surface area contributed by atoms with E-state index in [4.69, 9.17) is 9.47 Å². The maximum atomic E-state index is 13.1. The molecule has 10 nitrogen and oxygen atoms in total. The van der Waals surface area contributed by atoms with Crippen LogP contribution in [0.5, 0.6) is 5.88 Å². The Bertz CT molecular complexity index is 1160. The van der Waals surface area contributed by atoms with Gasteiger partial charge in [0.05, 0.1) is 25.4 Å². The smallest absolute Gasteiger partial charge is 0.263 e. The van der Waals surface area contributed by atoms with Gasteiger partial charge in [-0.2, -0.15) is 0 Å². The minimum Gasteiger partial charge on any atom is -0.479 e. The van der Waals surface area contributed by atoms with Crippen LogP contribution in [0.1, 0.15) is 68.3 Å². The Balaban J connectivity index is 1.37. The fourth-order valence-electron chi connectivity index (χ4n) is 4.87. The summed E-state index contributed by atoms with van der Waals surface area (Å²) in [6.45, 7) is 6.27. The number of hydrogen-bond donors (Lipinski definition) is 1. The number of carbonyl (C=O) groups is 1. The molecule has 2 aliphatic rings. The van der Waals surface area contributed by atoms with Crippen molar-refractivity contribution in [1.82, 2.24) is 29.5 Å². The molecule has 1 saturated heterocycles. The van der Waals surface area contributed by atoms with Crippen molar-refractivity contribution >= 4 is 11.7 Å². The van der Waals surface area contributed by atoms with Crippen LogP contribution >= 0.6 is 0 Å². The number of fused-ring (bicyclic) bond motifs is 1. The monoisotopic (exact) mass is 451 g/mol. The number of carbonyl (C=O) groups excluding carboxylic acids is 1. The number of anilines is 1. The highest BCUT2D eigenvalue weighted by Crippen LogP contribution is 2.32. The van der Waals surface area contributed by atoms with Crippen LogP contribution in [0, 0.1) is 0 Å². The molecule has 1 unspecified atom stereocenters. The minimum atomic E-state index is -0.323. The van der Waals surface area contributed by atoms with Crippen molar-refractivity contribution < 1.29 is 14.3 Å². The molecule has 0 radical (unpaired) electrons. The summed E-state index contributed by atoms with van der Waals surface area (Å²) in [6, 6.07) is 5.97. The summed E-state index contributed by atoms with van der Waals surface area (Å²) >= 11 is 0. The van der Waals surface area contributed by atoms with Crippen LogP contribution in [0.25, 0.3) is 11.5 Å². The Hall–Kier alpha value is -3.27. The highest BCUT2D eigenvalue weighted by atomic mass is 16.5. The van der Waals surface area contributed by atoms with Crippen LogP contribution in [0.3, 0.4) is 0 Å². The Morgan fingerprint density at radius 3 is 2.73 bits per heavy atom. The molecule has 0 bridgehead atoms. The van der Waals surface area contributed by atoms with Gasteiger partial charge in [-0.05, 0) is 52.2 Å². The Kier molecular flexibility index (Phi) is 5.61. The Morgan fingerprint density at radius 1 is 1.18 bits per heavy atom. The molecule has 0 saturated carbocycles. The molecule has 5 heterocycles. The second kappa shape index (κ2) is 8.58. The molecule has 1 amide bonds. The second-order valence-electron chi connectivity index (χ2n) is 8.97. The molecule has 0 aliphatic carbocycles. The normalized spacial score (nSPS) is 24.5. The highest BCUT2D eigenvalue weighted by Gasteiger charge is 2.29. The van der Waals surface area contributed by atoms with Crippen molar-refractivity contribution in [3.05, 3.63) is 35.8 Å². The third kappa shape index (κ3) is 4.10. The number of hydrogen-bond acceptors (Lipinski definition) is 7. The van der Waals surface area contributed by atoms with Gasteiger partial charge >= 0.3 is 0 Å². The van der Waals surface area contributed by atoms with E-state index < -0.39 is 0 Å². The zero-order chi connectivity index (χ0) is 23.1. The van der Waals surface area contributed by atoms with Crippen molar-refractivity contribution in [2.24, 2.45) is 0 Å². The van der Waals surface area contributed by atoms with Crippen molar-refractivity contribution in [2.45, 2.75) is 70.7 Å². The molecule has 5 rings (SSSR count). The number of rotatable bonds is 5. The van der Waals surface area contributed by atoms with E-state index in [2.05, 4.69) is 50.9 Å². The summed E-state index contributed by atoms with van der Waals surface area (Å²) in [5, 5.41) is 16.0. The summed E-state index contributed by atoms with van der Waals surface area (Å²) in [6.07, 6.45) is 5.66. The number of aromatic nitrogens is 6. The molecule has 0 spiro atoms. The second-order valence-corrected chi connectivity index (χ2v) is 8.97. The minimum absolute atomic E-state index is 0.138. The van der Waals surface area contributed by atoms with Crippen molar-refractivity contribution in [1.29, 1.82) is 0 Å². The van der Waals surface area contributed by atoms with Crippen LogP contribution in [0.15, 0.2) is 24.4 Å². The van der Waals surface area contributed by atoms with Crippen LogP contribution in [-0.2, 0) is 11.2 Å². The number of amides is 1. The van der Waals surface area contributed by atoms with Gasteiger partial charge in [-0.25, -0.2) is 4.98 Å². The topological polar surface area (TPSA) is 109 Å². The first kappa shape index (κ1) is 21.6. The average Bonchev–Trinajstić information content (AvgIpc) is 3.49. The first-order valence-electron chi connectivity index (χ1n) is 11.4. The summed E-state index contributed by atoms with van der Waals surface area (Å²) < 4.78 is 15.2. The SMILES string of the molecule is COc1nn(C2C[C@@H](C)O[C@@H](C)C2)cc1C(=O)Nc1cccc(-c2nnc3n2[C@@H](C)CC3)n1. The molecule has 0 aromatic carbocycles. The number of nitrogens with zero attached hydrogens (tertiary/aromatic N) is 6. The largest absolute Gasteiger partial charge is 0.479 e. The van der Waals surface area contributed by atoms with Gasteiger partial charge in [0, 0.05) is 18.7 Å². The van der Waals surface area contributed by atoms with Gasteiger partial charge in [-0.1, -0.05) is 6.07 Å². The summed E-state index contributed by atoms with van der Waals surface area (Å²) in [5.41, 5.74) is 1.04. The molecule has 10 heteroatoms. The maximum absolute atomic E-state index is 13.1. The van der Waals surface area contributed by atoms with Crippen LogP contribution in [-0.4, -0.2) is 54.8 Å². The maximum Gasteiger partial charge on any atom is 0.263 e. The van der Waals surface area contributed by atoms with E-state index in [0.717, 1.165) is 37.3 Å². The van der Waals surface area contributed by atoms with E-state index >= 15 is 0 Å². The van der Waals surface area contributed by atoms with Gasteiger partial charge in [0.15, 0.2) is 5.82 Å². The van der Waals surface area contributed by atoms with E-state index in [9.17, 15) is 4.79 Å². The number of methoxy groups -OCH3 is 1. The lowest BCUT2D eigenvalue weighted by Crippen LogP contribution is -2.31. The number of nitrogens with one attached hydrogen (secondary N) is 1. The molecule has 33 heavy (non-hydrogen) atoms. The molecule has 174 valence electrons. The van der Waals surface area contributed by atoms with E-state index in [0.29, 0.717) is 29.0 Å². The first-order valence-corrected chi connectivity index (χ1v) is 11.4. The lowest BCUT2D eigenvalue weighted by Gasteiger charge is -2.32. The van der Waals surface area contributed by atoms with Gasteiger partial charge in [0.25, 0.3) is 5.91 Å². The van der Waals surface area contributed by atoms with E-state index in [1.54, 1.807) is 12.3 Å². The van der Waals surface area contributed by atoms with Gasteiger partial charge in [-0.3, -0.25) is 9.48 Å². The molecule has 2 aliphatic heterocycles. The van der Waals surface area contributed by atoms with Gasteiger partial charge in [0.2, 0.25) is 5.88 Å². The quantitative estimate of drug-likeness (QED) is 0.633. The molecule has 3 aromatic heterocycles. The predicted molar refractivity (Wildman–Crippen MR) is 121 cm³/mol. The van der Waals surface area contributed by atoms with Gasteiger partial charge < -0.3 is 19.4 Å². The predicted octanol–water partition coefficient (Wildman–Crippen LogP) is 3.43. The van der Waals surface area contributed by atoms with Gasteiger partial charge in [-0.15, -0.1) is 15.3 Å². The Labute approximate surface area is 192 Å². The fourth-order valence-corrected chi connectivity index (χ4v) is 4.87. The number of aryl methyl sites for hydroxylation is 1. The zero-order valence-electron chi connectivity index (χ0n) is 19.4. The van der Waals surface area contributed by atoms with Crippen LogP contribution < -0.4 is 10.1 Å². The molecule has 1 fully saturated rings. The van der Waals surface area contributed by atoms with E-state index in [1.807, 2.05) is 16.8 Å². The van der Waals surface area contributed by atoms with Crippen molar-refractivity contribution in [3.8, 4) is 17.4 Å². The third-order valence-corrected chi connectivity index (χ3v) is 6.40. The molecular weight excluding hydrogens is 422 g/mol. The molecule has 1 N–H and O–H groups in total. The first-order chi connectivity index (χ1) is 15.9. The lowest BCUT2D eigenvalue weighted by molar-refractivity contribution is -0.0507. The summed E-state index contributed by atoms with van der Waals surface area (Å²) in [7, 11) is 1.52. The molecule has 4 atom stereocenters.